The van der Waals surface area contributed by atoms with Crippen molar-refractivity contribution in [2.45, 2.75) is 64.8 Å². The molecule has 6 nitrogen and oxygen atoms in total. The Morgan fingerprint density at radius 1 is 1.31 bits per heavy atom. The molecule has 3 rings (SSSR count). The molecule has 0 spiro atoms. The lowest BCUT2D eigenvalue weighted by Gasteiger charge is -2.14. The second-order valence-corrected chi connectivity index (χ2v) is 8.04. The van der Waals surface area contributed by atoms with Gasteiger partial charge < -0.3 is 14.8 Å². The molecule has 1 atom stereocenters. The molecule has 156 valence electrons. The van der Waals surface area contributed by atoms with Crippen molar-refractivity contribution in [1.82, 2.24) is 15.3 Å². The van der Waals surface area contributed by atoms with Crippen LogP contribution in [0.15, 0.2) is 17.3 Å². The largest absolute Gasteiger partial charge is 0.494 e. The van der Waals surface area contributed by atoms with E-state index in [0.29, 0.717) is 26.0 Å². The molecule has 0 fully saturated rings. The Bertz CT molecular complexity index is 878. The molecule has 1 aromatic carbocycles. The average molecular weight is 416 g/mol. The van der Waals surface area contributed by atoms with Gasteiger partial charge >= 0.3 is 0 Å². The maximum Gasteiger partial charge on any atom is 0.220 e. The number of amides is 1. The lowest BCUT2D eigenvalue weighted by Crippen LogP contribution is -2.23. The molecule has 1 N–H and O–H groups in total. The fourth-order valence-electron chi connectivity index (χ4n) is 3.59. The monoisotopic (exact) mass is 415 g/mol. The highest BCUT2D eigenvalue weighted by Gasteiger charge is 2.22. The molecule has 29 heavy (non-hydrogen) atoms. The van der Waals surface area contributed by atoms with Crippen molar-refractivity contribution >= 4 is 17.7 Å². The van der Waals surface area contributed by atoms with Gasteiger partial charge in [-0.1, -0.05) is 11.8 Å². The van der Waals surface area contributed by atoms with Crippen LogP contribution in [-0.2, 0) is 24.2 Å². The molecular weight excluding hydrogens is 386 g/mol. The first-order valence-electron chi connectivity index (χ1n) is 10.0. The molecule has 0 bridgehead atoms. The van der Waals surface area contributed by atoms with Gasteiger partial charge in [-0.2, -0.15) is 0 Å². The number of aryl methyl sites for hydroxylation is 2. The molecule has 1 amide bonds. The van der Waals surface area contributed by atoms with Gasteiger partial charge in [0.05, 0.1) is 6.61 Å². The summed E-state index contributed by atoms with van der Waals surface area (Å²) in [6.07, 6.45) is 4.05. The normalized spacial score (nSPS) is 15.0. The first kappa shape index (κ1) is 21.4. The number of thioether (sulfide) groups is 1. The van der Waals surface area contributed by atoms with Crippen LogP contribution >= 0.6 is 11.8 Å². The Balaban J connectivity index is 1.62. The lowest BCUT2D eigenvalue weighted by atomic mass is 10.1. The quantitative estimate of drug-likeness (QED) is 0.522. The zero-order valence-electron chi connectivity index (χ0n) is 17.8. The maximum atomic E-state index is 12.5. The number of rotatable bonds is 8. The van der Waals surface area contributed by atoms with Crippen LogP contribution in [0.5, 0.6) is 11.5 Å². The van der Waals surface area contributed by atoms with Crippen molar-refractivity contribution in [2.24, 2.45) is 0 Å². The van der Waals surface area contributed by atoms with Crippen LogP contribution in [0.3, 0.4) is 0 Å². The Kier molecular flexibility index (Phi) is 7.00. The molecule has 0 aliphatic carbocycles. The number of hydrogen-bond donors (Lipinski definition) is 1. The van der Waals surface area contributed by atoms with Crippen LogP contribution in [0.1, 0.15) is 48.3 Å². The van der Waals surface area contributed by atoms with E-state index < -0.39 is 0 Å². The van der Waals surface area contributed by atoms with Gasteiger partial charge in [-0.15, -0.1) is 0 Å². The van der Waals surface area contributed by atoms with E-state index in [9.17, 15) is 4.79 Å². The van der Waals surface area contributed by atoms with E-state index in [4.69, 9.17) is 9.47 Å². The molecule has 1 aliphatic rings. The fraction of sp³-hybridized carbons (Fsp3) is 0.500. The molecule has 1 aliphatic heterocycles. The van der Waals surface area contributed by atoms with Crippen LogP contribution in [0.25, 0.3) is 0 Å². The minimum absolute atomic E-state index is 0.00465. The summed E-state index contributed by atoms with van der Waals surface area (Å²) >= 11 is 1.53. The zero-order valence-corrected chi connectivity index (χ0v) is 18.6. The maximum absolute atomic E-state index is 12.5. The van der Waals surface area contributed by atoms with Crippen LogP contribution in [0, 0.1) is 13.8 Å². The second kappa shape index (κ2) is 9.48. The predicted molar refractivity (Wildman–Crippen MR) is 115 cm³/mol. The average Bonchev–Trinajstić information content (AvgIpc) is 3.04. The van der Waals surface area contributed by atoms with Crippen LogP contribution in [0.4, 0.5) is 0 Å². The van der Waals surface area contributed by atoms with E-state index in [2.05, 4.69) is 22.2 Å². The topological polar surface area (TPSA) is 73.3 Å². The molecule has 7 heteroatoms. The van der Waals surface area contributed by atoms with Crippen molar-refractivity contribution in [3.05, 3.63) is 40.2 Å². The highest BCUT2D eigenvalue weighted by molar-refractivity contribution is 7.98. The minimum atomic E-state index is -0.00465. The van der Waals surface area contributed by atoms with Crippen molar-refractivity contribution < 1.29 is 14.3 Å². The van der Waals surface area contributed by atoms with Crippen molar-refractivity contribution in [3.63, 3.8) is 0 Å². The number of fused-ring (bicyclic) bond motifs is 1. The first-order valence-corrected chi connectivity index (χ1v) is 11.2. The van der Waals surface area contributed by atoms with E-state index in [1.54, 1.807) is 0 Å². The van der Waals surface area contributed by atoms with E-state index in [1.807, 2.05) is 39.2 Å². The molecule has 0 radical (unpaired) electrons. The summed E-state index contributed by atoms with van der Waals surface area (Å²) in [5, 5.41) is 3.78. The van der Waals surface area contributed by atoms with Gasteiger partial charge in [-0.05, 0) is 58.1 Å². The van der Waals surface area contributed by atoms with Crippen LogP contribution < -0.4 is 14.8 Å². The highest BCUT2D eigenvalue weighted by atomic mass is 32.2. The van der Waals surface area contributed by atoms with Crippen LogP contribution in [0.2, 0.25) is 0 Å². The molecule has 2 heterocycles. The summed E-state index contributed by atoms with van der Waals surface area (Å²) in [7, 11) is 0. The van der Waals surface area contributed by atoms with Crippen molar-refractivity contribution in [3.8, 4) is 11.5 Å². The Morgan fingerprint density at radius 2 is 2.03 bits per heavy atom. The van der Waals surface area contributed by atoms with Gasteiger partial charge in [0.15, 0.2) is 5.16 Å². The number of nitrogens with zero attached hydrogens (tertiary/aromatic N) is 2. The third-order valence-electron chi connectivity index (χ3n) is 5.04. The predicted octanol–water partition coefficient (Wildman–Crippen LogP) is 3.79. The molecule has 0 unspecified atom stereocenters. The van der Waals surface area contributed by atoms with Gasteiger partial charge in [0.2, 0.25) is 5.91 Å². The number of nitrogens with one attached hydrogen (secondary N) is 1. The third kappa shape index (κ3) is 5.21. The van der Waals surface area contributed by atoms with Gasteiger partial charge in [-0.25, -0.2) is 9.97 Å². The summed E-state index contributed by atoms with van der Waals surface area (Å²) in [6, 6.07) is 4.04. The summed E-state index contributed by atoms with van der Waals surface area (Å²) in [5.74, 6) is 1.70. The lowest BCUT2D eigenvalue weighted by molar-refractivity contribution is -0.121. The fourth-order valence-corrected chi connectivity index (χ4v) is 4.05. The van der Waals surface area contributed by atoms with Crippen molar-refractivity contribution in [1.29, 1.82) is 0 Å². The summed E-state index contributed by atoms with van der Waals surface area (Å²) < 4.78 is 11.6. The molecular formula is C22H29N3O3S. The second-order valence-electron chi connectivity index (χ2n) is 7.27. The number of hydrogen-bond acceptors (Lipinski definition) is 6. The number of ether oxygens (including phenoxy) is 2. The zero-order chi connectivity index (χ0) is 21.0. The molecule has 0 saturated heterocycles. The number of carbonyl (C=O) groups excluding carboxylic acids is 1. The number of aromatic nitrogens is 2. The van der Waals surface area contributed by atoms with E-state index in [0.717, 1.165) is 51.2 Å². The Labute approximate surface area is 176 Å². The van der Waals surface area contributed by atoms with E-state index >= 15 is 0 Å². The van der Waals surface area contributed by atoms with Crippen molar-refractivity contribution in [2.75, 3.05) is 12.9 Å². The Morgan fingerprint density at radius 3 is 2.69 bits per heavy atom. The van der Waals surface area contributed by atoms with E-state index in [1.165, 1.54) is 11.8 Å². The summed E-state index contributed by atoms with van der Waals surface area (Å²) in [6.45, 7) is 8.97. The molecule has 1 aromatic heterocycles. The standard InChI is InChI=1S/C22H29N3O3S/c1-6-27-19-10-16-9-13(2)28-20(16)11-17(19)12-23-21(26)8-7-18-14(3)24-22(29-5)25-15(18)4/h10-11,13H,6-9,12H2,1-5H3,(H,23,26)/t13-/m0/s1. The van der Waals surface area contributed by atoms with Gasteiger partial charge in [0.1, 0.15) is 17.6 Å². The molecule has 2 aromatic rings. The van der Waals surface area contributed by atoms with Gasteiger partial charge in [-0.3, -0.25) is 4.79 Å². The van der Waals surface area contributed by atoms with Gasteiger partial charge in [0.25, 0.3) is 0 Å². The SMILES string of the molecule is CCOc1cc2c(cc1CNC(=O)CCc1c(C)nc(SC)nc1C)O[C@@H](C)C2. The smallest absolute Gasteiger partial charge is 0.220 e. The number of carbonyl (C=O) groups is 1. The molecule has 0 saturated carbocycles. The number of benzene rings is 1. The van der Waals surface area contributed by atoms with Gasteiger partial charge in [0, 0.05) is 41.9 Å². The minimum Gasteiger partial charge on any atom is -0.494 e. The first-order chi connectivity index (χ1) is 13.9. The Hall–Kier alpha value is -2.28. The van der Waals surface area contributed by atoms with Crippen LogP contribution in [-0.4, -0.2) is 34.8 Å². The highest BCUT2D eigenvalue weighted by Crippen LogP contribution is 2.35. The van der Waals surface area contributed by atoms with E-state index in [-0.39, 0.29) is 12.0 Å². The third-order valence-corrected chi connectivity index (χ3v) is 5.59. The summed E-state index contributed by atoms with van der Waals surface area (Å²) in [4.78, 5) is 21.4. The summed E-state index contributed by atoms with van der Waals surface area (Å²) in [5.41, 5.74) is 5.04.